The molecule has 2 atom stereocenters. The molecule has 4 nitrogen and oxygen atoms in total. The Morgan fingerprint density at radius 3 is 3.10 bits per heavy atom. The van der Waals surface area contributed by atoms with Gasteiger partial charge in [0.25, 0.3) is 0 Å². The highest BCUT2D eigenvalue weighted by Crippen LogP contribution is 2.25. The Morgan fingerprint density at radius 2 is 2.35 bits per heavy atom. The van der Waals surface area contributed by atoms with E-state index in [1.807, 2.05) is 18.2 Å². The summed E-state index contributed by atoms with van der Waals surface area (Å²) in [5.41, 5.74) is 7.60. The van der Waals surface area contributed by atoms with Gasteiger partial charge in [-0.15, -0.1) is 0 Å². The van der Waals surface area contributed by atoms with E-state index in [-0.39, 0.29) is 17.9 Å². The van der Waals surface area contributed by atoms with Crippen LogP contribution >= 0.6 is 0 Å². The monoisotopic (exact) mass is 276 g/mol. The lowest BCUT2D eigenvalue weighted by atomic mass is 9.98. The summed E-state index contributed by atoms with van der Waals surface area (Å²) in [5, 5.41) is 3.01. The van der Waals surface area contributed by atoms with Gasteiger partial charge in [-0.05, 0) is 49.9 Å². The summed E-state index contributed by atoms with van der Waals surface area (Å²) >= 11 is 0. The van der Waals surface area contributed by atoms with Crippen LogP contribution in [0.1, 0.15) is 31.7 Å². The molecule has 1 heterocycles. The first kappa shape index (κ1) is 15.0. The number of ether oxygens (including phenoxy) is 1. The molecule has 1 saturated heterocycles. The lowest BCUT2D eigenvalue weighted by Crippen LogP contribution is -2.29. The first-order valence-electron chi connectivity index (χ1n) is 7.46. The fourth-order valence-electron chi connectivity index (χ4n) is 2.70. The molecule has 20 heavy (non-hydrogen) atoms. The van der Waals surface area contributed by atoms with E-state index in [0.717, 1.165) is 31.4 Å². The van der Waals surface area contributed by atoms with Crippen LogP contribution in [0.2, 0.25) is 0 Å². The lowest BCUT2D eigenvalue weighted by molar-refractivity contribution is -0.121. The van der Waals surface area contributed by atoms with Gasteiger partial charge in [-0.3, -0.25) is 4.79 Å². The standard InChI is InChI=1S/C16H24N2O2/c1-2-15-14(8-10-20-15)16(19)18-13-7-3-5-12(11-13)6-4-9-17/h3,5,7,11,14-15H,2,4,6,8-10,17H2,1H3,(H,18,19). The molecule has 1 aromatic rings. The molecule has 0 aromatic heterocycles. The maximum Gasteiger partial charge on any atom is 0.230 e. The molecule has 0 spiro atoms. The summed E-state index contributed by atoms with van der Waals surface area (Å²) in [5.74, 6) is 0.0537. The van der Waals surface area contributed by atoms with Crippen LogP contribution < -0.4 is 11.1 Å². The molecule has 4 heteroatoms. The number of hydrogen-bond donors (Lipinski definition) is 2. The molecular weight excluding hydrogens is 252 g/mol. The van der Waals surface area contributed by atoms with Gasteiger partial charge in [-0.25, -0.2) is 0 Å². The van der Waals surface area contributed by atoms with Crippen molar-refractivity contribution in [1.82, 2.24) is 0 Å². The number of rotatable bonds is 6. The van der Waals surface area contributed by atoms with Crippen molar-refractivity contribution in [2.75, 3.05) is 18.5 Å². The number of hydrogen-bond acceptors (Lipinski definition) is 3. The van der Waals surface area contributed by atoms with Crippen molar-refractivity contribution in [2.24, 2.45) is 11.7 Å². The predicted octanol–water partition coefficient (Wildman–Crippen LogP) is 2.33. The van der Waals surface area contributed by atoms with Gasteiger partial charge in [-0.2, -0.15) is 0 Å². The van der Waals surface area contributed by atoms with Crippen molar-refractivity contribution < 1.29 is 9.53 Å². The van der Waals surface area contributed by atoms with E-state index < -0.39 is 0 Å². The van der Waals surface area contributed by atoms with E-state index in [1.54, 1.807) is 0 Å². The van der Waals surface area contributed by atoms with Crippen LogP contribution in [-0.2, 0) is 16.0 Å². The van der Waals surface area contributed by atoms with Gasteiger partial charge in [0.2, 0.25) is 5.91 Å². The highest BCUT2D eigenvalue weighted by molar-refractivity contribution is 5.93. The number of amides is 1. The van der Waals surface area contributed by atoms with Crippen LogP contribution in [0.5, 0.6) is 0 Å². The van der Waals surface area contributed by atoms with Crippen LogP contribution in [0.3, 0.4) is 0 Å². The molecule has 2 rings (SSSR count). The maximum atomic E-state index is 12.3. The largest absolute Gasteiger partial charge is 0.377 e. The number of nitrogens with one attached hydrogen (secondary N) is 1. The second-order valence-electron chi connectivity index (χ2n) is 5.29. The number of benzene rings is 1. The second-order valence-corrected chi connectivity index (χ2v) is 5.29. The molecule has 0 saturated carbocycles. The molecule has 1 aliphatic rings. The first-order valence-corrected chi connectivity index (χ1v) is 7.46. The Labute approximate surface area is 120 Å². The zero-order chi connectivity index (χ0) is 14.4. The van der Waals surface area contributed by atoms with E-state index in [4.69, 9.17) is 10.5 Å². The Hall–Kier alpha value is -1.39. The summed E-state index contributed by atoms with van der Waals surface area (Å²) in [6.45, 7) is 3.44. The van der Waals surface area contributed by atoms with Crippen molar-refractivity contribution in [3.8, 4) is 0 Å². The Kier molecular flexibility index (Phi) is 5.56. The molecule has 1 amide bonds. The molecule has 1 fully saturated rings. The van der Waals surface area contributed by atoms with E-state index >= 15 is 0 Å². The number of anilines is 1. The maximum absolute atomic E-state index is 12.3. The highest BCUT2D eigenvalue weighted by Gasteiger charge is 2.32. The number of nitrogens with two attached hydrogens (primary N) is 1. The fourth-order valence-corrected chi connectivity index (χ4v) is 2.70. The van der Waals surface area contributed by atoms with Gasteiger partial charge in [0.15, 0.2) is 0 Å². The highest BCUT2D eigenvalue weighted by atomic mass is 16.5. The van der Waals surface area contributed by atoms with Gasteiger partial charge >= 0.3 is 0 Å². The minimum atomic E-state index is -0.0207. The van der Waals surface area contributed by atoms with E-state index in [1.165, 1.54) is 5.56 Å². The third kappa shape index (κ3) is 3.81. The van der Waals surface area contributed by atoms with Crippen molar-refractivity contribution in [3.05, 3.63) is 29.8 Å². The third-order valence-corrected chi connectivity index (χ3v) is 3.81. The Balaban J connectivity index is 1.97. The summed E-state index contributed by atoms with van der Waals surface area (Å²) in [6.07, 6.45) is 3.68. The minimum Gasteiger partial charge on any atom is -0.377 e. The number of carbonyl (C=O) groups excluding carboxylic acids is 1. The van der Waals surface area contributed by atoms with Crippen molar-refractivity contribution in [1.29, 1.82) is 0 Å². The fraction of sp³-hybridized carbons (Fsp3) is 0.562. The topological polar surface area (TPSA) is 64.3 Å². The molecule has 1 aliphatic heterocycles. The average molecular weight is 276 g/mol. The zero-order valence-electron chi connectivity index (χ0n) is 12.1. The molecular formula is C16H24N2O2. The quantitative estimate of drug-likeness (QED) is 0.838. The SMILES string of the molecule is CCC1OCCC1C(=O)Nc1cccc(CCCN)c1. The number of aryl methyl sites for hydroxylation is 1. The third-order valence-electron chi connectivity index (χ3n) is 3.81. The van der Waals surface area contributed by atoms with Crippen LogP contribution in [0, 0.1) is 5.92 Å². The molecule has 2 unspecified atom stereocenters. The molecule has 0 radical (unpaired) electrons. The van der Waals surface area contributed by atoms with Gasteiger partial charge in [-0.1, -0.05) is 19.1 Å². The summed E-state index contributed by atoms with van der Waals surface area (Å²) in [6, 6.07) is 8.01. The van der Waals surface area contributed by atoms with E-state index in [9.17, 15) is 4.79 Å². The second kappa shape index (κ2) is 7.41. The van der Waals surface area contributed by atoms with Crippen LogP contribution in [0.4, 0.5) is 5.69 Å². The smallest absolute Gasteiger partial charge is 0.230 e. The Bertz CT molecular complexity index is 448. The molecule has 1 aromatic carbocycles. The average Bonchev–Trinajstić information content (AvgIpc) is 2.94. The lowest BCUT2D eigenvalue weighted by Gasteiger charge is -2.16. The summed E-state index contributed by atoms with van der Waals surface area (Å²) < 4.78 is 5.58. The van der Waals surface area contributed by atoms with Gasteiger partial charge in [0.05, 0.1) is 12.0 Å². The summed E-state index contributed by atoms with van der Waals surface area (Å²) in [7, 11) is 0. The Morgan fingerprint density at radius 1 is 1.50 bits per heavy atom. The molecule has 3 N–H and O–H groups in total. The predicted molar refractivity (Wildman–Crippen MR) is 80.6 cm³/mol. The van der Waals surface area contributed by atoms with E-state index in [0.29, 0.717) is 13.2 Å². The van der Waals surface area contributed by atoms with Gasteiger partial charge < -0.3 is 15.8 Å². The minimum absolute atomic E-state index is 0.0207. The normalized spacial score (nSPS) is 21.9. The number of carbonyl (C=O) groups is 1. The van der Waals surface area contributed by atoms with Crippen molar-refractivity contribution in [2.45, 2.75) is 38.7 Å². The van der Waals surface area contributed by atoms with Crippen LogP contribution in [0.15, 0.2) is 24.3 Å². The van der Waals surface area contributed by atoms with Gasteiger partial charge in [0.1, 0.15) is 0 Å². The van der Waals surface area contributed by atoms with Crippen molar-refractivity contribution in [3.63, 3.8) is 0 Å². The van der Waals surface area contributed by atoms with Crippen LogP contribution in [-0.4, -0.2) is 25.2 Å². The first-order chi connectivity index (χ1) is 9.74. The van der Waals surface area contributed by atoms with Gasteiger partial charge in [0, 0.05) is 12.3 Å². The van der Waals surface area contributed by atoms with Crippen molar-refractivity contribution >= 4 is 11.6 Å². The molecule has 0 aliphatic carbocycles. The summed E-state index contributed by atoms with van der Waals surface area (Å²) in [4.78, 5) is 12.3. The van der Waals surface area contributed by atoms with Crippen LogP contribution in [0.25, 0.3) is 0 Å². The zero-order valence-corrected chi connectivity index (χ0v) is 12.1. The van der Waals surface area contributed by atoms with E-state index in [2.05, 4.69) is 18.3 Å². The molecule has 0 bridgehead atoms. The molecule has 110 valence electrons.